The molecular formula is C15H18O3. The Morgan fingerprint density at radius 3 is 2.67 bits per heavy atom. The Morgan fingerprint density at radius 1 is 1.39 bits per heavy atom. The molecule has 96 valence electrons. The van der Waals surface area contributed by atoms with Gasteiger partial charge in [-0.25, -0.2) is 0 Å². The largest absolute Gasteiger partial charge is 0.435 e. The first-order valence-electron chi connectivity index (χ1n) is 6.28. The number of benzene rings is 1. The summed E-state index contributed by atoms with van der Waals surface area (Å²) in [6, 6.07) is 8.52. The molecule has 1 saturated heterocycles. The molecule has 1 aromatic rings. The second-order valence-electron chi connectivity index (χ2n) is 4.49. The maximum Gasteiger partial charge on any atom is 0.310 e. The topological polar surface area (TPSA) is 38.8 Å². The summed E-state index contributed by atoms with van der Waals surface area (Å²) >= 11 is 0. The highest BCUT2D eigenvalue weighted by molar-refractivity contribution is 5.69. The molecule has 0 saturated carbocycles. The van der Waals surface area contributed by atoms with Gasteiger partial charge < -0.3 is 9.47 Å². The van der Waals surface area contributed by atoms with Crippen LogP contribution >= 0.6 is 0 Å². The van der Waals surface area contributed by atoms with Gasteiger partial charge in [0.05, 0.1) is 19.0 Å². The van der Waals surface area contributed by atoms with Gasteiger partial charge in [-0.15, -0.1) is 0 Å². The van der Waals surface area contributed by atoms with Crippen LogP contribution in [0.15, 0.2) is 37.1 Å². The van der Waals surface area contributed by atoms with Gasteiger partial charge in [0.2, 0.25) is 0 Å². The van der Waals surface area contributed by atoms with Crippen molar-refractivity contribution in [2.75, 3.05) is 6.61 Å². The maximum atomic E-state index is 11.1. The molecule has 0 radical (unpaired) electrons. The van der Waals surface area contributed by atoms with Gasteiger partial charge in [-0.05, 0) is 24.0 Å². The quantitative estimate of drug-likeness (QED) is 0.422. The van der Waals surface area contributed by atoms with Crippen molar-refractivity contribution in [3.8, 4) is 0 Å². The van der Waals surface area contributed by atoms with Crippen molar-refractivity contribution in [1.29, 1.82) is 0 Å². The second kappa shape index (κ2) is 6.36. The Balaban J connectivity index is 1.72. The molecule has 1 aromatic carbocycles. The van der Waals surface area contributed by atoms with Crippen molar-refractivity contribution in [2.24, 2.45) is 0 Å². The Bertz CT molecular complexity index is 404. The summed E-state index contributed by atoms with van der Waals surface area (Å²) in [7, 11) is 0. The van der Waals surface area contributed by atoms with Gasteiger partial charge in [0.25, 0.3) is 0 Å². The molecule has 0 aromatic heterocycles. The average molecular weight is 246 g/mol. The monoisotopic (exact) mass is 246 g/mol. The Hall–Kier alpha value is -1.61. The van der Waals surface area contributed by atoms with E-state index >= 15 is 0 Å². The van der Waals surface area contributed by atoms with Crippen LogP contribution in [0.25, 0.3) is 0 Å². The summed E-state index contributed by atoms with van der Waals surface area (Å²) < 4.78 is 9.86. The van der Waals surface area contributed by atoms with Gasteiger partial charge in [-0.1, -0.05) is 30.8 Å². The van der Waals surface area contributed by atoms with Crippen molar-refractivity contribution < 1.29 is 14.3 Å². The third kappa shape index (κ3) is 4.34. The van der Waals surface area contributed by atoms with Gasteiger partial charge in [0.15, 0.2) is 0 Å². The van der Waals surface area contributed by atoms with Crippen molar-refractivity contribution >= 4 is 5.97 Å². The number of epoxide rings is 1. The highest BCUT2D eigenvalue weighted by Crippen LogP contribution is 2.17. The van der Waals surface area contributed by atoms with Crippen molar-refractivity contribution in [3.63, 3.8) is 0 Å². The van der Waals surface area contributed by atoms with Gasteiger partial charge in [0, 0.05) is 12.8 Å². The average Bonchev–Trinajstić information content (AvgIpc) is 3.16. The van der Waals surface area contributed by atoms with E-state index in [1.54, 1.807) is 0 Å². The zero-order valence-corrected chi connectivity index (χ0v) is 10.4. The van der Waals surface area contributed by atoms with Crippen LogP contribution in [-0.2, 0) is 27.1 Å². The lowest BCUT2D eigenvalue weighted by Gasteiger charge is -2.03. The summed E-state index contributed by atoms with van der Waals surface area (Å²) in [5, 5.41) is 0. The van der Waals surface area contributed by atoms with E-state index in [1.807, 2.05) is 0 Å². The Morgan fingerprint density at radius 2 is 2.06 bits per heavy atom. The van der Waals surface area contributed by atoms with Crippen LogP contribution in [0.2, 0.25) is 0 Å². The Labute approximate surface area is 107 Å². The van der Waals surface area contributed by atoms with E-state index in [4.69, 9.17) is 4.74 Å². The summed E-state index contributed by atoms with van der Waals surface area (Å²) in [6.45, 7) is 4.25. The molecule has 1 unspecified atom stereocenters. The third-order valence-electron chi connectivity index (χ3n) is 2.95. The SMILES string of the molecule is C=COC(=O)CCCc1ccc(CC2CO2)cc1. The highest BCUT2D eigenvalue weighted by Gasteiger charge is 2.22. The van der Waals surface area contributed by atoms with Crippen LogP contribution in [0.1, 0.15) is 24.0 Å². The smallest absolute Gasteiger partial charge is 0.310 e. The number of carbonyl (C=O) groups excluding carboxylic acids is 1. The number of rotatable bonds is 7. The van der Waals surface area contributed by atoms with Gasteiger partial charge in [-0.2, -0.15) is 0 Å². The molecule has 1 aliphatic heterocycles. The van der Waals surface area contributed by atoms with E-state index in [0.29, 0.717) is 12.5 Å². The van der Waals surface area contributed by atoms with Gasteiger partial charge in [-0.3, -0.25) is 4.79 Å². The summed E-state index contributed by atoms with van der Waals surface area (Å²) in [5.41, 5.74) is 2.56. The van der Waals surface area contributed by atoms with Crippen LogP contribution in [0.4, 0.5) is 0 Å². The molecule has 1 aliphatic rings. The van der Waals surface area contributed by atoms with Crippen molar-refractivity contribution in [2.45, 2.75) is 31.8 Å². The maximum absolute atomic E-state index is 11.1. The molecular weight excluding hydrogens is 228 g/mol. The molecule has 0 spiro atoms. The number of hydrogen-bond acceptors (Lipinski definition) is 3. The standard InChI is InChI=1S/C15H18O3/c1-2-17-15(16)5-3-4-12-6-8-13(9-7-12)10-14-11-18-14/h2,6-9,14H,1,3-5,10-11H2. The number of ether oxygens (including phenoxy) is 2. The molecule has 0 bridgehead atoms. The molecule has 3 nitrogen and oxygen atoms in total. The minimum atomic E-state index is -0.215. The molecule has 0 amide bonds. The normalized spacial score (nSPS) is 17.2. The van der Waals surface area contributed by atoms with E-state index in [-0.39, 0.29) is 5.97 Å². The Kier molecular flexibility index (Phi) is 4.53. The van der Waals surface area contributed by atoms with Crippen LogP contribution in [0.3, 0.4) is 0 Å². The van der Waals surface area contributed by atoms with E-state index in [9.17, 15) is 4.79 Å². The van der Waals surface area contributed by atoms with E-state index in [0.717, 1.165) is 25.9 Å². The van der Waals surface area contributed by atoms with Crippen LogP contribution in [0.5, 0.6) is 0 Å². The van der Waals surface area contributed by atoms with Crippen LogP contribution < -0.4 is 0 Å². The van der Waals surface area contributed by atoms with E-state index in [1.165, 1.54) is 17.4 Å². The summed E-state index contributed by atoms with van der Waals surface area (Å²) in [5.74, 6) is -0.215. The molecule has 1 fully saturated rings. The van der Waals surface area contributed by atoms with Gasteiger partial charge >= 0.3 is 5.97 Å². The van der Waals surface area contributed by atoms with Crippen LogP contribution in [0, 0.1) is 0 Å². The predicted octanol–water partition coefficient (Wildman–Crippen LogP) is 2.64. The zero-order valence-electron chi connectivity index (χ0n) is 10.4. The van der Waals surface area contributed by atoms with E-state index < -0.39 is 0 Å². The fraction of sp³-hybridized carbons (Fsp3) is 0.400. The molecule has 1 atom stereocenters. The fourth-order valence-corrected chi connectivity index (χ4v) is 1.88. The third-order valence-corrected chi connectivity index (χ3v) is 2.95. The fourth-order valence-electron chi connectivity index (χ4n) is 1.88. The predicted molar refractivity (Wildman–Crippen MR) is 69.1 cm³/mol. The first-order valence-corrected chi connectivity index (χ1v) is 6.28. The summed E-state index contributed by atoms with van der Waals surface area (Å²) in [4.78, 5) is 11.1. The number of esters is 1. The van der Waals surface area contributed by atoms with Crippen molar-refractivity contribution in [1.82, 2.24) is 0 Å². The summed E-state index contributed by atoms with van der Waals surface area (Å²) in [6.07, 6.45) is 4.75. The minimum absolute atomic E-state index is 0.215. The molecule has 3 heteroatoms. The lowest BCUT2D eigenvalue weighted by Crippen LogP contribution is -2.00. The molecule has 1 heterocycles. The highest BCUT2D eigenvalue weighted by atomic mass is 16.6. The first kappa shape index (κ1) is 12.8. The number of carbonyl (C=O) groups is 1. The molecule has 2 rings (SSSR count). The second-order valence-corrected chi connectivity index (χ2v) is 4.49. The van der Waals surface area contributed by atoms with E-state index in [2.05, 4.69) is 35.6 Å². The number of aryl methyl sites for hydroxylation is 1. The molecule has 0 aliphatic carbocycles. The first-order chi connectivity index (χ1) is 8.78. The molecule has 0 N–H and O–H groups in total. The van der Waals surface area contributed by atoms with Crippen molar-refractivity contribution in [3.05, 3.63) is 48.2 Å². The minimum Gasteiger partial charge on any atom is -0.435 e. The number of hydrogen-bond donors (Lipinski definition) is 0. The van der Waals surface area contributed by atoms with Crippen LogP contribution in [-0.4, -0.2) is 18.7 Å². The lowest BCUT2D eigenvalue weighted by atomic mass is 10.0. The zero-order chi connectivity index (χ0) is 12.8. The molecule has 18 heavy (non-hydrogen) atoms. The van der Waals surface area contributed by atoms with Gasteiger partial charge in [0.1, 0.15) is 0 Å². The lowest BCUT2D eigenvalue weighted by molar-refractivity contribution is -0.138.